The van der Waals surface area contributed by atoms with Crippen LogP contribution >= 0.6 is 0 Å². The Morgan fingerprint density at radius 3 is 3.13 bits per heavy atom. The van der Waals surface area contributed by atoms with Gasteiger partial charge in [-0.05, 0) is 30.9 Å². The van der Waals surface area contributed by atoms with Crippen LogP contribution in [0.25, 0.3) is 0 Å². The molecule has 1 aromatic rings. The van der Waals surface area contributed by atoms with E-state index in [-0.39, 0.29) is 6.61 Å². The molecule has 0 radical (unpaired) electrons. The first-order chi connectivity index (χ1) is 7.33. The van der Waals surface area contributed by atoms with Crippen LogP contribution in [0.2, 0.25) is 0 Å². The maximum atomic E-state index is 8.90. The number of hydrogen-bond acceptors (Lipinski definition) is 3. The zero-order valence-corrected chi connectivity index (χ0v) is 8.99. The highest BCUT2D eigenvalue weighted by Crippen LogP contribution is 2.29. The Morgan fingerprint density at radius 1 is 1.53 bits per heavy atom. The third-order valence-electron chi connectivity index (χ3n) is 2.92. The molecule has 2 N–H and O–H groups in total. The Labute approximate surface area is 90.1 Å². The monoisotopic (exact) mass is 207 g/mol. The maximum Gasteiger partial charge on any atom is 0.120 e. The Morgan fingerprint density at radius 2 is 2.40 bits per heavy atom. The molecule has 0 aliphatic carbocycles. The molecule has 1 aliphatic heterocycles. The predicted octanol–water partition coefficient (Wildman–Crippen LogP) is 1.80. The average Bonchev–Trinajstić information content (AvgIpc) is 2.28. The Balaban J connectivity index is 2.16. The molecule has 3 heteroatoms. The molecule has 3 nitrogen and oxygen atoms in total. The van der Waals surface area contributed by atoms with Gasteiger partial charge in [-0.1, -0.05) is 6.07 Å². The number of rotatable bonds is 3. The second-order valence-electron chi connectivity index (χ2n) is 3.92. The number of anilines is 1. The minimum absolute atomic E-state index is 0.247. The Kier molecular flexibility index (Phi) is 3.11. The number of ether oxygens (including phenoxy) is 1. The molecule has 0 spiro atoms. The van der Waals surface area contributed by atoms with Crippen LogP contribution in [0.15, 0.2) is 18.2 Å². The van der Waals surface area contributed by atoms with Crippen molar-refractivity contribution in [2.24, 2.45) is 0 Å². The first kappa shape index (κ1) is 10.3. The van der Waals surface area contributed by atoms with Gasteiger partial charge in [-0.25, -0.2) is 0 Å². The summed E-state index contributed by atoms with van der Waals surface area (Å²) in [4.78, 5) is 0. The van der Waals surface area contributed by atoms with Crippen molar-refractivity contribution in [1.82, 2.24) is 0 Å². The highest BCUT2D eigenvalue weighted by molar-refractivity contribution is 5.57. The first-order valence-corrected chi connectivity index (χ1v) is 5.38. The van der Waals surface area contributed by atoms with Crippen LogP contribution < -0.4 is 10.1 Å². The molecule has 0 amide bonds. The highest BCUT2D eigenvalue weighted by atomic mass is 16.5. The van der Waals surface area contributed by atoms with Crippen molar-refractivity contribution in [3.63, 3.8) is 0 Å². The highest BCUT2D eigenvalue weighted by Gasteiger charge is 2.17. The second kappa shape index (κ2) is 4.53. The molecule has 0 saturated carbocycles. The van der Waals surface area contributed by atoms with Gasteiger partial charge in [0.05, 0.1) is 7.11 Å². The summed E-state index contributed by atoms with van der Waals surface area (Å²) in [6.07, 6.45) is 2.99. The molecule has 15 heavy (non-hydrogen) atoms. The molecule has 82 valence electrons. The van der Waals surface area contributed by atoms with Gasteiger partial charge in [0, 0.05) is 24.4 Å². The van der Waals surface area contributed by atoms with E-state index in [9.17, 15) is 0 Å². The fourth-order valence-electron chi connectivity index (χ4n) is 2.03. The average molecular weight is 207 g/mol. The number of methoxy groups -OCH3 is 1. The molecule has 0 aromatic heterocycles. The molecule has 1 atom stereocenters. The SMILES string of the molecule is COc1ccc2c(c1)NC(CCO)CC2. The summed E-state index contributed by atoms with van der Waals surface area (Å²) in [5, 5.41) is 12.3. The van der Waals surface area contributed by atoms with Gasteiger partial charge in [-0.15, -0.1) is 0 Å². The van der Waals surface area contributed by atoms with Gasteiger partial charge in [0.1, 0.15) is 5.75 Å². The zero-order chi connectivity index (χ0) is 10.7. The number of aryl methyl sites for hydroxylation is 1. The van der Waals surface area contributed by atoms with E-state index >= 15 is 0 Å². The van der Waals surface area contributed by atoms with Crippen LogP contribution in [0.3, 0.4) is 0 Å². The predicted molar refractivity (Wildman–Crippen MR) is 60.4 cm³/mol. The van der Waals surface area contributed by atoms with Crippen molar-refractivity contribution in [2.45, 2.75) is 25.3 Å². The van der Waals surface area contributed by atoms with Crippen LogP contribution in [0.4, 0.5) is 5.69 Å². The molecular formula is C12H17NO2. The lowest BCUT2D eigenvalue weighted by Gasteiger charge is -2.26. The standard InChI is InChI=1S/C12H17NO2/c1-15-11-5-3-9-2-4-10(6-7-14)13-12(9)8-11/h3,5,8,10,13-14H,2,4,6-7H2,1H3. The molecule has 1 unspecified atom stereocenters. The molecule has 2 rings (SSSR count). The summed E-state index contributed by atoms with van der Waals surface area (Å²) in [6, 6.07) is 6.52. The maximum absolute atomic E-state index is 8.90. The van der Waals surface area contributed by atoms with E-state index in [2.05, 4.69) is 11.4 Å². The van der Waals surface area contributed by atoms with Gasteiger partial charge in [0.25, 0.3) is 0 Å². The fourth-order valence-corrected chi connectivity index (χ4v) is 2.03. The van der Waals surface area contributed by atoms with E-state index in [1.807, 2.05) is 12.1 Å². The summed E-state index contributed by atoms with van der Waals surface area (Å²) in [5.74, 6) is 0.880. The minimum Gasteiger partial charge on any atom is -0.497 e. The minimum atomic E-state index is 0.247. The molecule has 0 bridgehead atoms. The van der Waals surface area contributed by atoms with Crippen LogP contribution in [-0.2, 0) is 6.42 Å². The summed E-state index contributed by atoms with van der Waals surface area (Å²) in [5.41, 5.74) is 2.49. The van der Waals surface area contributed by atoms with E-state index in [0.29, 0.717) is 6.04 Å². The van der Waals surface area contributed by atoms with Crippen LogP contribution in [-0.4, -0.2) is 24.9 Å². The Hall–Kier alpha value is -1.22. The van der Waals surface area contributed by atoms with Crippen LogP contribution in [0, 0.1) is 0 Å². The lowest BCUT2D eigenvalue weighted by atomic mass is 9.96. The molecule has 0 fully saturated rings. The molecular weight excluding hydrogens is 190 g/mol. The number of benzene rings is 1. The third-order valence-corrected chi connectivity index (χ3v) is 2.92. The van der Waals surface area contributed by atoms with E-state index in [4.69, 9.17) is 9.84 Å². The van der Waals surface area contributed by atoms with Crippen molar-refractivity contribution in [2.75, 3.05) is 19.0 Å². The largest absolute Gasteiger partial charge is 0.497 e. The second-order valence-corrected chi connectivity index (χ2v) is 3.92. The van der Waals surface area contributed by atoms with Gasteiger partial charge in [-0.3, -0.25) is 0 Å². The summed E-state index contributed by atoms with van der Waals surface area (Å²) in [6.45, 7) is 0.247. The van der Waals surface area contributed by atoms with Crippen molar-refractivity contribution in [3.05, 3.63) is 23.8 Å². The van der Waals surface area contributed by atoms with Crippen molar-refractivity contribution in [1.29, 1.82) is 0 Å². The number of fused-ring (bicyclic) bond motifs is 1. The summed E-state index contributed by atoms with van der Waals surface area (Å²) >= 11 is 0. The number of nitrogens with one attached hydrogen (secondary N) is 1. The zero-order valence-electron chi connectivity index (χ0n) is 8.99. The van der Waals surface area contributed by atoms with Crippen molar-refractivity contribution < 1.29 is 9.84 Å². The van der Waals surface area contributed by atoms with E-state index in [1.54, 1.807) is 7.11 Å². The van der Waals surface area contributed by atoms with Crippen molar-refractivity contribution in [3.8, 4) is 5.75 Å². The quantitative estimate of drug-likeness (QED) is 0.794. The normalized spacial score (nSPS) is 19.2. The molecule has 1 heterocycles. The third kappa shape index (κ3) is 2.23. The topological polar surface area (TPSA) is 41.5 Å². The number of aliphatic hydroxyl groups excluding tert-OH is 1. The van der Waals surface area contributed by atoms with Gasteiger partial charge in [-0.2, -0.15) is 0 Å². The lowest BCUT2D eigenvalue weighted by molar-refractivity contribution is 0.276. The number of hydrogen-bond donors (Lipinski definition) is 2. The fraction of sp³-hybridized carbons (Fsp3) is 0.500. The van der Waals surface area contributed by atoms with E-state index < -0.39 is 0 Å². The summed E-state index contributed by atoms with van der Waals surface area (Å²) < 4.78 is 5.19. The van der Waals surface area contributed by atoms with Crippen molar-refractivity contribution >= 4 is 5.69 Å². The lowest BCUT2D eigenvalue weighted by Crippen LogP contribution is -2.26. The van der Waals surface area contributed by atoms with Gasteiger partial charge in [0.2, 0.25) is 0 Å². The smallest absolute Gasteiger partial charge is 0.120 e. The van der Waals surface area contributed by atoms with Crippen LogP contribution in [0.1, 0.15) is 18.4 Å². The molecule has 0 saturated heterocycles. The molecule has 1 aromatic carbocycles. The van der Waals surface area contributed by atoms with Crippen LogP contribution in [0.5, 0.6) is 5.75 Å². The van der Waals surface area contributed by atoms with Gasteiger partial charge >= 0.3 is 0 Å². The van der Waals surface area contributed by atoms with Gasteiger partial charge < -0.3 is 15.2 Å². The van der Waals surface area contributed by atoms with Gasteiger partial charge in [0.15, 0.2) is 0 Å². The Bertz CT molecular complexity index is 338. The van der Waals surface area contributed by atoms with E-state index in [0.717, 1.165) is 30.7 Å². The summed E-state index contributed by atoms with van der Waals surface area (Å²) in [7, 11) is 1.68. The first-order valence-electron chi connectivity index (χ1n) is 5.38. The van der Waals surface area contributed by atoms with E-state index in [1.165, 1.54) is 5.56 Å². The molecule has 1 aliphatic rings. The number of aliphatic hydroxyl groups is 1.